The van der Waals surface area contributed by atoms with Crippen LogP contribution in [0.5, 0.6) is 5.75 Å². The van der Waals surface area contributed by atoms with Gasteiger partial charge in [0.2, 0.25) is 10.0 Å². The third-order valence-corrected chi connectivity index (χ3v) is 5.55. The van der Waals surface area contributed by atoms with Crippen LogP contribution in [0.2, 0.25) is 0 Å². The van der Waals surface area contributed by atoms with Crippen molar-refractivity contribution in [1.82, 2.24) is 4.31 Å². The third-order valence-electron chi connectivity index (χ3n) is 3.39. The van der Waals surface area contributed by atoms with E-state index in [0.29, 0.717) is 18.8 Å². The fourth-order valence-corrected chi connectivity index (χ4v) is 4.43. The summed E-state index contributed by atoms with van der Waals surface area (Å²) in [4.78, 5) is 0.157. The van der Waals surface area contributed by atoms with Crippen LogP contribution in [-0.4, -0.2) is 45.1 Å². The van der Waals surface area contributed by atoms with Crippen molar-refractivity contribution >= 4 is 21.6 Å². The molecule has 0 aromatic heterocycles. The summed E-state index contributed by atoms with van der Waals surface area (Å²) in [5.41, 5.74) is 0.741. The zero-order valence-corrected chi connectivity index (χ0v) is 13.9. The van der Waals surface area contributed by atoms with Crippen molar-refractivity contribution in [3.8, 4) is 5.75 Å². The van der Waals surface area contributed by atoms with Gasteiger partial charge in [0, 0.05) is 19.0 Å². The molecule has 2 atom stereocenters. The molecule has 1 aromatic rings. The highest BCUT2D eigenvalue weighted by atomic mass is 35.5. The van der Waals surface area contributed by atoms with E-state index in [1.54, 1.807) is 18.2 Å². The lowest BCUT2D eigenvalue weighted by molar-refractivity contribution is -0.0441. The first-order valence-electron chi connectivity index (χ1n) is 6.77. The molecule has 0 bridgehead atoms. The van der Waals surface area contributed by atoms with Gasteiger partial charge in [-0.15, -0.1) is 11.6 Å². The van der Waals surface area contributed by atoms with Gasteiger partial charge in [-0.05, 0) is 31.5 Å². The Morgan fingerprint density at radius 1 is 1.33 bits per heavy atom. The molecule has 1 saturated heterocycles. The Kier molecular flexibility index (Phi) is 5.14. The molecule has 5 nitrogen and oxygen atoms in total. The minimum absolute atomic E-state index is 0.134. The van der Waals surface area contributed by atoms with Crippen LogP contribution in [0, 0.1) is 0 Å². The summed E-state index contributed by atoms with van der Waals surface area (Å²) >= 11 is 5.81. The SMILES string of the molecule is COc1ccc(CCl)cc1S(=O)(=O)N1CC(C)OC(C)C1. The Morgan fingerprint density at radius 3 is 2.48 bits per heavy atom. The van der Waals surface area contributed by atoms with Crippen LogP contribution in [-0.2, 0) is 20.6 Å². The second-order valence-electron chi connectivity index (χ2n) is 5.20. The van der Waals surface area contributed by atoms with E-state index < -0.39 is 10.0 Å². The molecule has 0 N–H and O–H groups in total. The monoisotopic (exact) mass is 333 g/mol. The fraction of sp³-hybridized carbons (Fsp3) is 0.571. The van der Waals surface area contributed by atoms with Crippen LogP contribution in [0.3, 0.4) is 0 Å². The molecule has 1 aliphatic rings. The lowest BCUT2D eigenvalue weighted by Gasteiger charge is -2.34. The summed E-state index contributed by atoms with van der Waals surface area (Å²) in [7, 11) is -2.18. The van der Waals surface area contributed by atoms with E-state index in [1.165, 1.54) is 11.4 Å². The third kappa shape index (κ3) is 3.51. The number of hydrogen-bond acceptors (Lipinski definition) is 4. The molecule has 118 valence electrons. The van der Waals surface area contributed by atoms with E-state index in [0.717, 1.165) is 5.56 Å². The number of methoxy groups -OCH3 is 1. The number of halogens is 1. The zero-order chi connectivity index (χ0) is 15.6. The molecule has 0 radical (unpaired) electrons. The highest BCUT2D eigenvalue weighted by molar-refractivity contribution is 7.89. The van der Waals surface area contributed by atoms with E-state index >= 15 is 0 Å². The highest BCUT2D eigenvalue weighted by Gasteiger charge is 2.34. The van der Waals surface area contributed by atoms with Gasteiger partial charge in [0.25, 0.3) is 0 Å². The Morgan fingerprint density at radius 2 is 1.95 bits per heavy atom. The molecule has 2 unspecified atom stereocenters. The van der Waals surface area contributed by atoms with Crippen molar-refractivity contribution in [2.75, 3.05) is 20.2 Å². The Balaban J connectivity index is 2.43. The Hall–Kier alpha value is -0.820. The fourth-order valence-electron chi connectivity index (χ4n) is 2.47. The molecule has 0 aliphatic carbocycles. The highest BCUT2D eigenvalue weighted by Crippen LogP contribution is 2.30. The van der Waals surface area contributed by atoms with E-state index in [4.69, 9.17) is 21.1 Å². The Labute approximate surface area is 130 Å². The van der Waals surface area contributed by atoms with Crippen molar-refractivity contribution in [1.29, 1.82) is 0 Å². The standard InChI is InChI=1S/C14H20ClNO4S/c1-10-8-16(9-11(2)20-10)21(17,18)14-6-12(7-15)4-5-13(14)19-3/h4-6,10-11H,7-9H2,1-3H3. The number of ether oxygens (including phenoxy) is 2. The molecule has 21 heavy (non-hydrogen) atoms. The normalized spacial score (nSPS) is 24.0. The Bertz CT molecular complexity index is 595. The number of alkyl halides is 1. The molecule has 1 fully saturated rings. The van der Waals surface area contributed by atoms with Crippen molar-refractivity contribution in [3.05, 3.63) is 23.8 Å². The quantitative estimate of drug-likeness (QED) is 0.793. The van der Waals surface area contributed by atoms with E-state index in [9.17, 15) is 8.42 Å². The van der Waals surface area contributed by atoms with Crippen LogP contribution in [0.1, 0.15) is 19.4 Å². The van der Waals surface area contributed by atoms with Crippen LogP contribution in [0.4, 0.5) is 0 Å². The van der Waals surface area contributed by atoms with Crippen LogP contribution >= 0.6 is 11.6 Å². The average Bonchev–Trinajstić information content (AvgIpc) is 2.45. The predicted molar refractivity (Wildman–Crippen MR) is 81.3 cm³/mol. The van der Waals surface area contributed by atoms with E-state index in [-0.39, 0.29) is 23.0 Å². The van der Waals surface area contributed by atoms with Gasteiger partial charge in [-0.1, -0.05) is 6.07 Å². The minimum Gasteiger partial charge on any atom is -0.495 e. The van der Waals surface area contributed by atoms with Gasteiger partial charge >= 0.3 is 0 Å². The molecule has 0 saturated carbocycles. The lowest BCUT2D eigenvalue weighted by atomic mass is 10.2. The largest absolute Gasteiger partial charge is 0.495 e. The molecule has 0 amide bonds. The topological polar surface area (TPSA) is 55.8 Å². The summed E-state index contributed by atoms with van der Waals surface area (Å²) in [6.07, 6.45) is -0.267. The van der Waals surface area contributed by atoms with Crippen LogP contribution < -0.4 is 4.74 Å². The minimum atomic E-state index is -3.63. The van der Waals surface area contributed by atoms with Crippen molar-refractivity contribution < 1.29 is 17.9 Å². The molecular formula is C14H20ClNO4S. The molecular weight excluding hydrogens is 314 g/mol. The van der Waals surface area contributed by atoms with Crippen LogP contribution in [0.25, 0.3) is 0 Å². The van der Waals surface area contributed by atoms with Gasteiger partial charge in [0.15, 0.2) is 0 Å². The average molecular weight is 334 g/mol. The number of rotatable bonds is 4. The first kappa shape index (κ1) is 16.5. The van der Waals surface area contributed by atoms with Gasteiger partial charge in [0.1, 0.15) is 10.6 Å². The number of morpholine rings is 1. The maximum atomic E-state index is 12.9. The first-order valence-corrected chi connectivity index (χ1v) is 8.74. The first-order chi connectivity index (χ1) is 9.88. The smallest absolute Gasteiger partial charge is 0.246 e. The molecule has 1 heterocycles. The van der Waals surface area contributed by atoms with Gasteiger partial charge in [-0.2, -0.15) is 4.31 Å². The summed E-state index contributed by atoms with van der Waals surface area (Å²) in [6, 6.07) is 4.97. The predicted octanol–water partition coefficient (Wildman–Crippen LogP) is 2.23. The molecule has 1 aliphatic heterocycles. The van der Waals surface area contributed by atoms with Gasteiger partial charge in [-0.3, -0.25) is 0 Å². The maximum absolute atomic E-state index is 12.9. The molecule has 1 aromatic carbocycles. The molecule has 2 rings (SSSR count). The maximum Gasteiger partial charge on any atom is 0.246 e. The van der Waals surface area contributed by atoms with E-state index in [1.807, 2.05) is 13.8 Å². The van der Waals surface area contributed by atoms with Gasteiger partial charge in [-0.25, -0.2) is 8.42 Å². The van der Waals surface area contributed by atoms with Crippen molar-refractivity contribution in [2.45, 2.75) is 36.8 Å². The number of nitrogens with zero attached hydrogens (tertiary/aromatic N) is 1. The van der Waals surface area contributed by atoms with E-state index in [2.05, 4.69) is 0 Å². The molecule has 7 heteroatoms. The summed E-state index contributed by atoms with van der Waals surface area (Å²) < 4.78 is 38.0. The molecule has 0 spiro atoms. The zero-order valence-electron chi connectivity index (χ0n) is 12.4. The van der Waals surface area contributed by atoms with Crippen molar-refractivity contribution in [3.63, 3.8) is 0 Å². The second-order valence-corrected chi connectivity index (χ2v) is 7.37. The van der Waals surface area contributed by atoms with Crippen molar-refractivity contribution in [2.24, 2.45) is 0 Å². The number of hydrogen-bond donors (Lipinski definition) is 0. The van der Waals surface area contributed by atoms with Crippen LogP contribution in [0.15, 0.2) is 23.1 Å². The lowest BCUT2D eigenvalue weighted by Crippen LogP contribution is -2.48. The van der Waals surface area contributed by atoms with Gasteiger partial charge < -0.3 is 9.47 Å². The number of benzene rings is 1. The summed E-state index contributed by atoms with van der Waals surface area (Å²) in [6.45, 7) is 4.40. The second kappa shape index (κ2) is 6.52. The summed E-state index contributed by atoms with van der Waals surface area (Å²) in [5, 5.41) is 0. The van der Waals surface area contributed by atoms with Gasteiger partial charge in [0.05, 0.1) is 19.3 Å². The summed E-state index contributed by atoms with van der Waals surface area (Å²) in [5.74, 6) is 0.582. The number of sulfonamides is 1.